The molecule has 4 rings (SSSR count). The van der Waals surface area contributed by atoms with Crippen LogP contribution in [0.25, 0.3) is 11.1 Å². The third-order valence-electron chi connectivity index (χ3n) is 5.58. The van der Waals surface area contributed by atoms with Crippen molar-refractivity contribution in [1.29, 1.82) is 0 Å². The van der Waals surface area contributed by atoms with Crippen LogP contribution in [0, 0.1) is 6.92 Å². The molecule has 0 radical (unpaired) electrons. The predicted molar refractivity (Wildman–Crippen MR) is 119 cm³/mol. The molecule has 0 aliphatic carbocycles. The Bertz CT molecular complexity index is 1070. The van der Waals surface area contributed by atoms with Crippen molar-refractivity contribution in [1.82, 2.24) is 25.5 Å². The zero-order valence-electron chi connectivity index (χ0n) is 18.1. The highest BCUT2D eigenvalue weighted by Gasteiger charge is 2.39. The summed E-state index contributed by atoms with van der Waals surface area (Å²) in [4.78, 5) is 22.1. The van der Waals surface area contributed by atoms with Crippen molar-refractivity contribution < 1.29 is 9.53 Å². The topological polar surface area (TPSA) is 92.8 Å². The molecule has 0 saturated carbocycles. The number of aromatic nitrogens is 4. The first kappa shape index (κ1) is 20.8. The molecule has 1 atom stereocenters. The standard InChI is InChI=1S/C24H27N5O2/c1-4-5-12-31-18-9-7-17(8-10-18)24(3)13-19(20-11-6-16(2)14-25-20)21(23(30)28-24)22-26-15-27-29-22/h6-11,14-15H,4-5,12-13H2,1-3H3,(H,28,30)(H,26,27,29). The van der Waals surface area contributed by atoms with Crippen LogP contribution in [-0.4, -0.2) is 32.7 Å². The van der Waals surface area contributed by atoms with Crippen LogP contribution in [0.4, 0.5) is 0 Å². The summed E-state index contributed by atoms with van der Waals surface area (Å²) in [6, 6.07) is 11.9. The molecule has 7 nitrogen and oxygen atoms in total. The Labute approximate surface area is 182 Å². The lowest BCUT2D eigenvalue weighted by Gasteiger charge is -2.37. The Hall–Kier alpha value is -3.48. The first-order valence-electron chi connectivity index (χ1n) is 10.6. The third kappa shape index (κ3) is 4.35. The third-order valence-corrected chi connectivity index (χ3v) is 5.58. The predicted octanol–water partition coefficient (Wildman–Crippen LogP) is 4.03. The number of unbranched alkanes of at least 4 members (excludes halogenated alkanes) is 1. The van der Waals surface area contributed by atoms with Gasteiger partial charge in [0.05, 0.1) is 23.4 Å². The quantitative estimate of drug-likeness (QED) is 0.566. The van der Waals surface area contributed by atoms with E-state index in [0.717, 1.165) is 41.0 Å². The second-order valence-corrected chi connectivity index (χ2v) is 8.10. The molecule has 2 aromatic heterocycles. The fourth-order valence-corrected chi connectivity index (χ4v) is 3.81. The minimum Gasteiger partial charge on any atom is -0.494 e. The molecule has 0 fully saturated rings. The fraction of sp³-hybridized carbons (Fsp3) is 0.333. The molecule has 3 aromatic rings. The smallest absolute Gasteiger partial charge is 0.256 e. The van der Waals surface area contributed by atoms with E-state index in [0.29, 0.717) is 24.4 Å². The van der Waals surface area contributed by atoms with E-state index < -0.39 is 5.54 Å². The molecule has 0 bridgehead atoms. The number of H-pyrrole nitrogens is 1. The van der Waals surface area contributed by atoms with Crippen molar-refractivity contribution in [2.45, 2.75) is 45.6 Å². The lowest BCUT2D eigenvalue weighted by Crippen LogP contribution is -2.47. The highest BCUT2D eigenvalue weighted by molar-refractivity contribution is 6.27. The summed E-state index contributed by atoms with van der Waals surface area (Å²) in [5.74, 6) is 1.07. The average molecular weight is 418 g/mol. The molecule has 1 amide bonds. The maximum atomic E-state index is 13.3. The Morgan fingerprint density at radius 2 is 1.94 bits per heavy atom. The van der Waals surface area contributed by atoms with Gasteiger partial charge in [-0.3, -0.25) is 14.9 Å². The summed E-state index contributed by atoms with van der Waals surface area (Å²) in [5.41, 5.74) is 3.55. The van der Waals surface area contributed by atoms with Crippen molar-refractivity contribution >= 4 is 17.1 Å². The monoisotopic (exact) mass is 417 g/mol. The molecule has 31 heavy (non-hydrogen) atoms. The van der Waals surface area contributed by atoms with Gasteiger partial charge >= 0.3 is 0 Å². The largest absolute Gasteiger partial charge is 0.494 e. The summed E-state index contributed by atoms with van der Waals surface area (Å²) in [5, 5.41) is 9.92. The fourth-order valence-electron chi connectivity index (χ4n) is 3.81. The van der Waals surface area contributed by atoms with Gasteiger partial charge in [-0.25, -0.2) is 4.98 Å². The first-order chi connectivity index (χ1) is 15.0. The maximum Gasteiger partial charge on any atom is 0.256 e. The Morgan fingerprint density at radius 1 is 1.13 bits per heavy atom. The van der Waals surface area contributed by atoms with E-state index >= 15 is 0 Å². The number of benzene rings is 1. The van der Waals surface area contributed by atoms with Crippen LogP contribution in [0.1, 0.15) is 55.8 Å². The number of ether oxygens (including phenoxy) is 1. The molecule has 160 valence electrons. The summed E-state index contributed by atoms with van der Waals surface area (Å²) in [6.45, 7) is 6.87. The summed E-state index contributed by atoms with van der Waals surface area (Å²) >= 11 is 0. The number of amides is 1. The number of rotatable bonds is 7. The molecule has 7 heteroatoms. The number of carbonyl (C=O) groups is 1. The Balaban J connectivity index is 1.70. The van der Waals surface area contributed by atoms with E-state index in [1.54, 1.807) is 0 Å². The second kappa shape index (κ2) is 8.71. The van der Waals surface area contributed by atoms with E-state index in [1.807, 2.05) is 56.4 Å². The van der Waals surface area contributed by atoms with E-state index in [-0.39, 0.29) is 5.91 Å². The van der Waals surface area contributed by atoms with Gasteiger partial charge in [-0.1, -0.05) is 31.5 Å². The summed E-state index contributed by atoms with van der Waals surface area (Å²) in [7, 11) is 0. The molecule has 0 spiro atoms. The van der Waals surface area contributed by atoms with Crippen molar-refractivity contribution in [3.8, 4) is 5.75 Å². The van der Waals surface area contributed by atoms with Gasteiger partial charge < -0.3 is 10.1 Å². The summed E-state index contributed by atoms with van der Waals surface area (Å²) in [6.07, 6.45) is 5.91. The highest BCUT2D eigenvalue weighted by Crippen LogP contribution is 2.40. The number of nitrogens with zero attached hydrogens (tertiary/aromatic N) is 3. The minimum atomic E-state index is -0.593. The molecule has 1 aromatic carbocycles. The van der Waals surface area contributed by atoms with Crippen LogP contribution in [-0.2, 0) is 10.3 Å². The number of carbonyl (C=O) groups excluding carboxylic acids is 1. The number of hydrogen-bond donors (Lipinski definition) is 2. The first-order valence-corrected chi connectivity index (χ1v) is 10.6. The number of aromatic amines is 1. The highest BCUT2D eigenvalue weighted by atomic mass is 16.5. The van der Waals surface area contributed by atoms with Gasteiger partial charge in [-0.2, -0.15) is 5.10 Å². The lowest BCUT2D eigenvalue weighted by atomic mass is 9.79. The number of aryl methyl sites for hydroxylation is 1. The second-order valence-electron chi connectivity index (χ2n) is 8.10. The van der Waals surface area contributed by atoms with Crippen LogP contribution in [0.5, 0.6) is 5.75 Å². The van der Waals surface area contributed by atoms with Crippen LogP contribution in [0.2, 0.25) is 0 Å². The minimum absolute atomic E-state index is 0.203. The van der Waals surface area contributed by atoms with Crippen LogP contribution in [0.3, 0.4) is 0 Å². The van der Waals surface area contributed by atoms with Crippen molar-refractivity contribution in [2.24, 2.45) is 0 Å². The molecule has 1 unspecified atom stereocenters. The van der Waals surface area contributed by atoms with Crippen LogP contribution >= 0.6 is 0 Å². The van der Waals surface area contributed by atoms with Gasteiger partial charge in [0.25, 0.3) is 5.91 Å². The van der Waals surface area contributed by atoms with Crippen LogP contribution in [0.15, 0.2) is 48.9 Å². The zero-order chi connectivity index (χ0) is 21.8. The van der Waals surface area contributed by atoms with E-state index in [9.17, 15) is 4.79 Å². The molecule has 3 heterocycles. The van der Waals surface area contributed by atoms with E-state index in [4.69, 9.17) is 4.74 Å². The van der Waals surface area contributed by atoms with E-state index in [2.05, 4.69) is 32.4 Å². The zero-order valence-corrected chi connectivity index (χ0v) is 18.1. The van der Waals surface area contributed by atoms with Crippen molar-refractivity contribution in [3.63, 3.8) is 0 Å². The van der Waals surface area contributed by atoms with Gasteiger partial charge in [-0.15, -0.1) is 0 Å². The SMILES string of the molecule is CCCCOc1ccc(C2(C)CC(c3ccc(C)cn3)=C(c3ncn[nH]3)C(=O)N2)cc1. The molecular weight excluding hydrogens is 390 g/mol. The van der Waals surface area contributed by atoms with Crippen LogP contribution < -0.4 is 10.1 Å². The molecule has 2 N–H and O–H groups in total. The Kier molecular flexibility index (Phi) is 5.84. The number of pyridine rings is 1. The van der Waals surface area contributed by atoms with Gasteiger partial charge in [-0.05, 0) is 55.2 Å². The molecule has 1 aliphatic rings. The van der Waals surface area contributed by atoms with Gasteiger partial charge in [0.2, 0.25) is 0 Å². The van der Waals surface area contributed by atoms with Crippen molar-refractivity contribution in [2.75, 3.05) is 6.61 Å². The number of hydrogen-bond acceptors (Lipinski definition) is 5. The van der Waals surface area contributed by atoms with Gasteiger partial charge in [0.1, 0.15) is 12.1 Å². The lowest BCUT2D eigenvalue weighted by molar-refractivity contribution is -0.117. The molecule has 1 aliphatic heterocycles. The Morgan fingerprint density at radius 3 is 2.58 bits per heavy atom. The average Bonchev–Trinajstić information content (AvgIpc) is 3.29. The number of nitrogens with one attached hydrogen (secondary N) is 2. The van der Waals surface area contributed by atoms with E-state index in [1.165, 1.54) is 6.33 Å². The van der Waals surface area contributed by atoms with Gasteiger partial charge in [0.15, 0.2) is 5.82 Å². The van der Waals surface area contributed by atoms with Crippen molar-refractivity contribution in [3.05, 3.63) is 71.6 Å². The van der Waals surface area contributed by atoms with Gasteiger partial charge in [0, 0.05) is 12.6 Å². The summed E-state index contributed by atoms with van der Waals surface area (Å²) < 4.78 is 5.78. The maximum absolute atomic E-state index is 13.3. The molecule has 0 saturated heterocycles. The molecular formula is C24H27N5O2. The normalized spacial score (nSPS) is 18.7.